The summed E-state index contributed by atoms with van der Waals surface area (Å²) in [6, 6.07) is 6.80. The highest BCUT2D eigenvalue weighted by Gasteiger charge is 2.43. The first-order valence-corrected chi connectivity index (χ1v) is 6.74. The summed E-state index contributed by atoms with van der Waals surface area (Å²) >= 11 is 0. The first kappa shape index (κ1) is 15.5. The SMILES string of the molecule is Cc1ccc(C2=NN(C)C(C(C)C)N=C2C(F)(F)F)cc1. The van der Waals surface area contributed by atoms with Crippen LogP contribution in [0.4, 0.5) is 13.2 Å². The van der Waals surface area contributed by atoms with E-state index in [4.69, 9.17) is 0 Å². The number of rotatable bonds is 2. The smallest absolute Gasteiger partial charge is 0.275 e. The maximum absolute atomic E-state index is 13.3. The summed E-state index contributed by atoms with van der Waals surface area (Å²) in [5.74, 6) is -0.0596. The third kappa shape index (κ3) is 3.25. The summed E-state index contributed by atoms with van der Waals surface area (Å²) in [5.41, 5.74) is 0.379. The van der Waals surface area contributed by atoms with Gasteiger partial charge in [-0.15, -0.1) is 0 Å². The fourth-order valence-electron chi connectivity index (χ4n) is 2.24. The first-order chi connectivity index (χ1) is 9.70. The quantitative estimate of drug-likeness (QED) is 0.819. The maximum Gasteiger partial charge on any atom is 0.435 e. The van der Waals surface area contributed by atoms with E-state index >= 15 is 0 Å². The third-order valence-corrected chi connectivity index (χ3v) is 3.32. The fraction of sp³-hybridized carbons (Fsp3) is 0.467. The molecule has 1 unspecified atom stereocenters. The summed E-state index contributed by atoms with van der Waals surface area (Å²) in [5, 5.41) is 5.63. The van der Waals surface area contributed by atoms with Gasteiger partial charge in [-0.25, -0.2) is 0 Å². The van der Waals surface area contributed by atoms with Gasteiger partial charge in [0.1, 0.15) is 11.9 Å². The molecule has 1 aliphatic heterocycles. The van der Waals surface area contributed by atoms with E-state index < -0.39 is 18.1 Å². The Morgan fingerprint density at radius 1 is 1.14 bits per heavy atom. The summed E-state index contributed by atoms with van der Waals surface area (Å²) in [6.07, 6.45) is -5.12. The van der Waals surface area contributed by atoms with Gasteiger partial charge in [0.2, 0.25) is 0 Å². The Balaban J connectivity index is 2.50. The molecule has 114 valence electrons. The summed E-state index contributed by atoms with van der Waals surface area (Å²) in [7, 11) is 1.65. The van der Waals surface area contributed by atoms with Crippen LogP contribution in [-0.2, 0) is 0 Å². The van der Waals surface area contributed by atoms with E-state index in [1.165, 1.54) is 5.01 Å². The number of benzene rings is 1. The van der Waals surface area contributed by atoms with E-state index in [2.05, 4.69) is 10.1 Å². The van der Waals surface area contributed by atoms with Crippen LogP contribution in [0.1, 0.15) is 25.0 Å². The Kier molecular flexibility index (Phi) is 4.07. The van der Waals surface area contributed by atoms with Gasteiger partial charge >= 0.3 is 6.18 Å². The van der Waals surface area contributed by atoms with Crippen LogP contribution in [0.15, 0.2) is 34.4 Å². The first-order valence-electron chi connectivity index (χ1n) is 6.74. The summed E-state index contributed by atoms with van der Waals surface area (Å²) in [6.45, 7) is 5.53. The average molecular weight is 297 g/mol. The molecule has 6 heteroatoms. The molecule has 0 N–H and O–H groups in total. The van der Waals surface area contributed by atoms with Crippen molar-refractivity contribution in [1.29, 1.82) is 0 Å². The van der Waals surface area contributed by atoms with E-state index in [9.17, 15) is 13.2 Å². The molecule has 2 rings (SSSR count). The average Bonchev–Trinajstić information content (AvgIpc) is 2.37. The lowest BCUT2D eigenvalue weighted by atomic mass is 10.0. The van der Waals surface area contributed by atoms with Crippen molar-refractivity contribution >= 4 is 11.4 Å². The van der Waals surface area contributed by atoms with Crippen molar-refractivity contribution in [2.75, 3.05) is 7.05 Å². The Bertz CT molecular complexity index is 571. The lowest BCUT2D eigenvalue weighted by molar-refractivity contribution is -0.0580. The standard InChI is InChI=1S/C15H18F3N3/c1-9(2)14-19-13(15(16,17)18)12(20-21(14)4)11-7-5-10(3)6-8-11/h5-9,14H,1-4H3. The Morgan fingerprint density at radius 3 is 2.19 bits per heavy atom. The highest BCUT2D eigenvalue weighted by molar-refractivity contribution is 6.50. The Hall–Kier alpha value is -1.85. The van der Waals surface area contributed by atoms with Crippen LogP contribution in [0.3, 0.4) is 0 Å². The van der Waals surface area contributed by atoms with Gasteiger partial charge < -0.3 is 0 Å². The summed E-state index contributed by atoms with van der Waals surface area (Å²) in [4.78, 5) is 3.90. The highest BCUT2D eigenvalue weighted by Crippen LogP contribution is 2.27. The highest BCUT2D eigenvalue weighted by atomic mass is 19.4. The Morgan fingerprint density at radius 2 is 1.71 bits per heavy atom. The van der Waals surface area contributed by atoms with E-state index in [-0.39, 0.29) is 11.6 Å². The number of nitrogens with zero attached hydrogens (tertiary/aromatic N) is 3. The Labute approximate surface area is 122 Å². The van der Waals surface area contributed by atoms with E-state index in [0.717, 1.165) is 5.56 Å². The van der Waals surface area contributed by atoms with Crippen LogP contribution in [0.5, 0.6) is 0 Å². The molecule has 1 heterocycles. The molecule has 0 saturated heterocycles. The van der Waals surface area contributed by atoms with Crippen molar-refractivity contribution in [2.45, 2.75) is 33.1 Å². The van der Waals surface area contributed by atoms with Crippen molar-refractivity contribution in [3.63, 3.8) is 0 Å². The van der Waals surface area contributed by atoms with Crippen LogP contribution >= 0.6 is 0 Å². The van der Waals surface area contributed by atoms with Crippen molar-refractivity contribution in [1.82, 2.24) is 5.01 Å². The number of alkyl halides is 3. The zero-order valence-electron chi connectivity index (χ0n) is 12.4. The molecule has 1 aromatic rings. The minimum absolute atomic E-state index is 0.0596. The zero-order chi connectivity index (χ0) is 15.8. The predicted octanol–water partition coefficient (Wildman–Crippen LogP) is 3.63. The molecule has 0 radical (unpaired) electrons. The molecule has 1 atom stereocenters. The monoisotopic (exact) mass is 297 g/mol. The third-order valence-electron chi connectivity index (χ3n) is 3.32. The van der Waals surface area contributed by atoms with Crippen LogP contribution in [0.25, 0.3) is 0 Å². The van der Waals surface area contributed by atoms with Crippen molar-refractivity contribution < 1.29 is 13.2 Å². The lowest BCUT2D eigenvalue weighted by Crippen LogP contribution is -2.43. The molecule has 0 bridgehead atoms. The van der Waals surface area contributed by atoms with Crippen LogP contribution in [0, 0.1) is 12.8 Å². The second-order valence-electron chi connectivity index (χ2n) is 5.52. The second kappa shape index (κ2) is 5.50. The molecule has 0 spiro atoms. The van der Waals surface area contributed by atoms with E-state index in [1.807, 2.05) is 20.8 Å². The predicted molar refractivity (Wildman–Crippen MR) is 77.6 cm³/mol. The number of hydrogen-bond acceptors (Lipinski definition) is 3. The van der Waals surface area contributed by atoms with E-state index in [0.29, 0.717) is 5.56 Å². The number of aliphatic imine (C=N–C) groups is 1. The molecular formula is C15H18F3N3. The summed E-state index contributed by atoms with van der Waals surface area (Å²) < 4.78 is 39.9. The molecule has 0 aromatic heterocycles. The van der Waals surface area contributed by atoms with Crippen molar-refractivity contribution in [3.8, 4) is 0 Å². The van der Waals surface area contributed by atoms with Gasteiger partial charge in [0, 0.05) is 12.6 Å². The number of hydrogen-bond donors (Lipinski definition) is 0. The minimum atomic E-state index is -4.52. The number of hydrazone groups is 1. The number of halogens is 3. The fourth-order valence-corrected chi connectivity index (χ4v) is 2.24. The maximum atomic E-state index is 13.3. The molecule has 0 fully saturated rings. The van der Waals surface area contributed by atoms with Gasteiger partial charge in [-0.3, -0.25) is 10.0 Å². The molecule has 0 amide bonds. The minimum Gasteiger partial charge on any atom is -0.275 e. The van der Waals surface area contributed by atoms with Gasteiger partial charge in [-0.2, -0.15) is 18.3 Å². The van der Waals surface area contributed by atoms with Gasteiger partial charge in [-0.1, -0.05) is 43.7 Å². The zero-order valence-corrected chi connectivity index (χ0v) is 12.4. The van der Waals surface area contributed by atoms with Crippen molar-refractivity contribution in [3.05, 3.63) is 35.4 Å². The van der Waals surface area contributed by atoms with Crippen LogP contribution in [-0.4, -0.2) is 35.8 Å². The van der Waals surface area contributed by atoms with Gasteiger partial charge in [-0.05, 0) is 12.8 Å². The van der Waals surface area contributed by atoms with Crippen molar-refractivity contribution in [2.24, 2.45) is 16.0 Å². The second-order valence-corrected chi connectivity index (χ2v) is 5.52. The molecular weight excluding hydrogens is 279 g/mol. The molecule has 3 nitrogen and oxygen atoms in total. The van der Waals surface area contributed by atoms with Crippen LogP contribution < -0.4 is 0 Å². The molecule has 21 heavy (non-hydrogen) atoms. The lowest BCUT2D eigenvalue weighted by Gasteiger charge is -2.32. The van der Waals surface area contributed by atoms with Gasteiger partial charge in [0.25, 0.3) is 0 Å². The molecule has 1 aliphatic rings. The van der Waals surface area contributed by atoms with Gasteiger partial charge in [0.15, 0.2) is 5.71 Å². The molecule has 0 aliphatic carbocycles. The largest absolute Gasteiger partial charge is 0.435 e. The topological polar surface area (TPSA) is 28.0 Å². The molecule has 1 aromatic carbocycles. The van der Waals surface area contributed by atoms with Gasteiger partial charge in [0.05, 0.1) is 0 Å². The van der Waals surface area contributed by atoms with E-state index in [1.54, 1.807) is 31.3 Å². The number of aryl methyl sites for hydroxylation is 1. The molecule has 0 saturated carbocycles. The normalized spacial score (nSPS) is 19.6. The van der Waals surface area contributed by atoms with Crippen LogP contribution in [0.2, 0.25) is 0 Å².